The van der Waals surface area contributed by atoms with Gasteiger partial charge in [0.2, 0.25) is 0 Å². The summed E-state index contributed by atoms with van der Waals surface area (Å²) in [5.74, 6) is 0.919. The van der Waals surface area contributed by atoms with Crippen LogP contribution in [0.3, 0.4) is 0 Å². The highest BCUT2D eigenvalue weighted by molar-refractivity contribution is 7.11. The molecule has 1 N–H and O–H groups in total. The smallest absolute Gasteiger partial charge is 0.0900 e. The monoisotopic (exact) mass is 252 g/mol. The van der Waals surface area contributed by atoms with E-state index in [9.17, 15) is 0 Å². The van der Waals surface area contributed by atoms with Crippen molar-refractivity contribution < 1.29 is 0 Å². The Bertz CT molecular complexity index is 353. The fourth-order valence-corrected chi connectivity index (χ4v) is 4.03. The van der Waals surface area contributed by atoms with E-state index in [-0.39, 0.29) is 0 Å². The Morgan fingerprint density at radius 3 is 2.53 bits per heavy atom. The maximum absolute atomic E-state index is 4.55. The van der Waals surface area contributed by atoms with Crippen LogP contribution in [0.25, 0.3) is 0 Å². The number of nitrogens with one attached hydrogen (secondary N) is 1. The SMILES string of the molecule is CNC(CC1CCCCC1)c1sc(C)nc1C. The number of thiazole rings is 1. The Balaban J connectivity index is 2.02. The maximum atomic E-state index is 4.55. The highest BCUT2D eigenvalue weighted by Gasteiger charge is 2.22. The molecule has 1 atom stereocenters. The Labute approximate surface area is 109 Å². The molecule has 0 radical (unpaired) electrons. The number of aryl methyl sites for hydroxylation is 2. The maximum Gasteiger partial charge on any atom is 0.0900 e. The van der Waals surface area contributed by atoms with E-state index in [1.165, 1.54) is 54.1 Å². The Morgan fingerprint density at radius 1 is 1.29 bits per heavy atom. The first-order valence-corrected chi connectivity index (χ1v) is 7.63. The summed E-state index contributed by atoms with van der Waals surface area (Å²) in [7, 11) is 2.09. The topological polar surface area (TPSA) is 24.9 Å². The number of rotatable bonds is 4. The first kappa shape index (κ1) is 13.0. The third kappa shape index (κ3) is 3.29. The van der Waals surface area contributed by atoms with Crippen molar-refractivity contribution in [3.63, 3.8) is 0 Å². The van der Waals surface area contributed by atoms with Crippen LogP contribution < -0.4 is 5.32 Å². The van der Waals surface area contributed by atoms with Crippen molar-refractivity contribution in [3.8, 4) is 0 Å². The van der Waals surface area contributed by atoms with Crippen molar-refractivity contribution >= 4 is 11.3 Å². The lowest BCUT2D eigenvalue weighted by atomic mass is 9.84. The second-order valence-electron chi connectivity index (χ2n) is 5.26. The predicted octanol–water partition coefficient (Wildman–Crippen LogP) is 3.99. The largest absolute Gasteiger partial charge is 0.312 e. The predicted molar refractivity (Wildman–Crippen MR) is 74.6 cm³/mol. The zero-order valence-corrected chi connectivity index (χ0v) is 12.1. The lowest BCUT2D eigenvalue weighted by molar-refractivity contribution is 0.307. The molecule has 0 aromatic carbocycles. The summed E-state index contributed by atoms with van der Waals surface area (Å²) in [6.45, 7) is 4.25. The van der Waals surface area contributed by atoms with E-state index in [2.05, 4.69) is 31.2 Å². The molecule has 0 bridgehead atoms. The number of hydrogen-bond donors (Lipinski definition) is 1. The molecule has 17 heavy (non-hydrogen) atoms. The van der Waals surface area contributed by atoms with Gasteiger partial charge in [0.25, 0.3) is 0 Å². The molecule has 1 fully saturated rings. The zero-order chi connectivity index (χ0) is 12.3. The summed E-state index contributed by atoms with van der Waals surface area (Å²) in [5.41, 5.74) is 1.22. The van der Waals surface area contributed by atoms with Crippen LogP contribution in [-0.2, 0) is 0 Å². The van der Waals surface area contributed by atoms with Crippen LogP contribution in [0.2, 0.25) is 0 Å². The van der Waals surface area contributed by atoms with Gasteiger partial charge in [0.1, 0.15) is 0 Å². The van der Waals surface area contributed by atoms with E-state index < -0.39 is 0 Å². The molecule has 0 spiro atoms. The Hall–Kier alpha value is -0.410. The van der Waals surface area contributed by atoms with Crippen molar-refractivity contribution in [1.82, 2.24) is 10.3 Å². The molecule has 1 aromatic heterocycles. The van der Waals surface area contributed by atoms with Gasteiger partial charge < -0.3 is 5.32 Å². The van der Waals surface area contributed by atoms with E-state index in [0.29, 0.717) is 6.04 Å². The van der Waals surface area contributed by atoms with E-state index in [1.54, 1.807) is 0 Å². The molecule has 1 heterocycles. The third-order valence-electron chi connectivity index (χ3n) is 3.90. The van der Waals surface area contributed by atoms with E-state index >= 15 is 0 Å². The molecule has 0 saturated heterocycles. The van der Waals surface area contributed by atoms with Crippen molar-refractivity contribution in [1.29, 1.82) is 0 Å². The molecule has 1 aromatic rings. The summed E-state index contributed by atoms with van der Waals surface area (Å²) in [6.07, 6.45) is 8.45. The number of aromatic nitrogens is 1. The lowest BCUT2D eigenvalue weighted by Crippen LogP contribution is -2.21. The van der Waals surface area contributed by atoms with Gasteiger partial charge in [-0.05, 0) is 33.2 Å². The fourth-order valence-electron chi connectivity index (χ4n) is 2.98. The molecule has 1 saturated carbocycles. The van der Waals surface area contributed by atoms with Gasteiger partial charge in [0, 0.05) is 10.9 Å². The molecular weight excluding hydrogens is 228 g/mol. The van der Waals surface area contributed by atoms with Gasteiger partial charge in [-0.2, -0.15) is 0 Å². The highest BCUT2D eigenvalue weighted by atomic mass is 32.1. The summed E-state index contributed by atoms with van der Waals surface area (Å²) in [6, 6.07) is 0.518. The number of nitrogens with zero attached hydrogens (tertiary/aromatic N) is 1. The van der Waals surface area contributed by atoms with Gasteiger partial charge in [0.15, 0.2) is 0 Å². The highest BCUT2D eigenvalue weighted by Crippen LogP contribution is 2.34. The molecule has 0 aliphatic heterocycles. The standard InChI is InChI=1S/C14H24N2S/c1-10-14(17-11(2)16-10)13(15-3)9-12-7-5-4-6-8-12/h12-13,15H,4-9H2,1-3H3. The molecule has 1 unspecified atom stereocenters. The van der Waals surface area contributed by atoms with Gasteiger partial charge in [0.05, 0.1) is 10.7 Å². The normalized spacial score (nSPS) is 19.5. The minimum absolute atomic E-state index is 0.518. The third-order valence-corrected chi connectivity index (χ3v) is 5.08. The molecule has 2 nitrogen and oxygen atoms in total. The van der Waals surface area contributed by atoms with Crippen LogP contribution in [0.4, 0.5) is 0 Å². The minimum atomic E-state index is 0.518. The summed E-state index contributed by atoms with van der Waals surface area (Å²) in [4.78, 5) is 6.01. The quantitative estimate of drug-likeness (QED) is 0.876. The molecular formula is C14H24N2S. The molecule has 1 aliphatic carbocycles. The molecule has 2 rings (SSSR count). The average Bonchev–Trinajstić information content (AvgIpc) is 2.67. The van der Waals surface area contributed by atoms with Gasteiger partial charge in [-0.1, -0.05) is 32.1 Å². The van der Waals surface area contributed by atoms with Crippen molar-refractivity contribution in [2.24, 2.45) is 5.92 Å². The second-order valence-corrected chi connectivity index (χ2v) is 6.50. The van der Waals surface area contributed by atoms with Crippen LogP contribution >= 0.6 is 11.3 Å². The second kappa shape index (κ2) is 5.96. The van der Waals surface area contributed by atoms with Crippen LogP contribution in [0.15, 0.2) is 0 Å². The van der Waals surface area contributed by atoms with Crippen LogP contribution in [-0.4, -0.2) is 12.0 Å². The fraction of sp³-hybridized carbons (Fsp3) is 0.786. The van der Waals surface area contributed by atoms with Gasteiger partial charge in [-0.3, -0.25) is 0 Å². The van der Waals surface area contributed by atoms with E-state index in [0.717, 1.165) is 5.92 Å². The van der Waals surface area contributed by atoms with Gasteiger partial charge in [-0.25, -0.2) is 4.98 Å². The van der Waals surface area contributed by atoms with E-state index in [4.69, 9.17) is 0 Å². The van der Waals surface area contributed by atoms with Crippen molar-refractivity contribution in [2.75, 3.05) is 7.05 Å². The van der Waals surface area contributed by atoms with Crippen LogP contribution in [0.5, 0.6) is 0 Å². The van der Waals surface area contributed by atoms with Gasteiger partial charge in [-0.15, -0.1) is 11.3 Å². The molecule has 0 amide bonds. The summed E-state index contributed by atoms with van der Waals surface area (Å²) >= 11 is 1.86. The lowest BCUT2D eigenvalue weighted by Gasteiger charge is -2.26. The minimum Gasteiger partial charge on any atom is -0.312 e. The van der Waals surface area contributed by atoms with Crippen molar-refractivity contribution in [3.05, 3.63) is 15.6 Å². The Morgan fingerprint density at radius 2 is 2.00 bits per heavy atom. The number of hydrogen-bond acceptors (Lipinski definition) is 3. The molecule has 96 valence electrons. The molecule has 1 aliphatic rings. The van der Waals surface area contributed by atoms with Gasteiger partial charge >= 0.3 is 0 Å². The van der Waals surface area contributed by atoms with Crippen LogP contribution in [0.1, 0.15) is 60.1 Å². The first-order chi connectivity index (χ1) is 8.20. The summed E-state index contributed by atoms with van der Waals surface area (Å²) < 4.78 is 0. The average molecular weight is 252 g/mol. The molecule has 3 heteroatoms. The zero-order valence-electron chi connectivity index (χ0n) is 11.3. The van der Waals surface area contributed by atoms with Crippen molar-refractivity contribution in [2.45, 2.75) is 58.4 Å². The van der Waals surface area contributed by atoms with E-state index in [1.807, 2.05) is 11.3 Å². The Kier molecular flexibility index (Phi) is 4.57. The first-order valence-electron chi connectivity index (χ1n) is 6.82. The van der Waals surface area contributed by atoms with Crippen LogP contribution in [0, 0.1) is 19.8 Å². The summed E-state index contributed by atoms with van der Waals surface area (Å²) in [5, 5.41) is 4.69.